The molecule has 1 aliphatic rings. The minimum absolute atomic E-state index is 0.124. The van der Waals surface area contributed by atoms with E-state index >= 15 is 0 Å². The van der Waals surface area contributed by atoms with Gasteiger partial charge in [0.25, 0.3) is 0 Å². The van der Waals surface area contributed by atoms with E-state index < -0.39 is 0 Å². The number of ether oxygens (including phenoxy) is 4. The van der Waals surface area contributed by atoms with Gasteiger partial charge in [-0.2, -0.15) is 0 Å². The number of allylic oxidation sites excluding steroid dienone is 1. The maximum Gasteiger partial charge on any atom is 0.305 e. The molecular weight excluding hydrogens is 394 g/mol. The van der Waals surface area contributed by atoms with Crippen LogP contribution in [0.4, 0.5) is 0 Å². The first-order valence-corrected chi connectivity index (χ1v) is 11.0. The monoisotopic (exact) mass is 425 g/mol. The molecule has 0 unspecified atom stereocenters. The molecule has 1 saturated heterocycles. The molecule has 0 bridgehead atoms. The lowest BCUT2D eigenvalue weighted by molar-refractivity contribution is -0.143. The highest BCUT2D eigenvalue weighted by molar-refractivity contribution is 5.79. The van der Waals surface area contributed by atoms with Crippen molar-refractivity contribution in [2.75, 3.05) is 26.4 Å². The summed E-state index contributed by atoms with van der Waals surface area (Å²) in [4.78, 5) is 15.8. The van der Waals surface area contributed by atoms with Crippen molar-refractivity contribution >= 4 is 11.5 Å². The maximum absolute atomic E-state index is 11.5. The van der Waals surface area contributed by atoms with Crippen LogP contribution in [0.25, 0.3) is 5.57 Å². The third-order valence-corrected chi connectivity index (χ3v) is 4.94. The van der Waals surface area contributed by atoms with Gasteiger partial charge in [0.15, 0.2) is 6.29 Å². The van der Waals surface area contributed by atoms with E-state index in [4.69, 9.17) is 18.9 Å². The predicted octanol–water partition coefficient (Wildman–Crippen LogP) is 4.78. The van der Waals surface area contributed by atoms with Crippen LogP contribution in [0.1, 0.15) is 50.2 Å². The van der Waals surface area contributed by atoms with Crippen molar-refractivity contribution in [2.24, 2.45) is 0 Å². The van der Waals surface area contributed by atoms with Crippen LogP contribution in [0.2, 0.25) is 0 Å². The number of carbonyl (C=O) groups is 1. The van der Waals surface area contributed by atoms with E-state index in [1.54, 1.807) is 6.20 Å². The summed E-state index contributed by atoms with van der Waals surface area (Å²) in [7, 11) is 0. The molecule has 1 aromatic carbocycles. The molecule has 0 amide bonds. The molecule has 0 aliphatic carbocycles. The van der Waals surface area contributed by atoms with Crippen molar-refractivity contribution in [2.45, 2.75) is 45.3 Å². The largest absolute Gasteiger partial charge is 0.493 e. The van der Waals surface area contributed by atoms with Crippen molar-refractivity contribution in [3.05, 3.63) is 66.0 Å². The summed E-state index contributed by atoms with van der Waals surface area (Å²) in [5.74, 6) is 0.697. The minimum Gasteiger partial charge on any atom is -0.493 e. The van der Waals surface area contributed by atoms with Gasteiger partial charge in [-0.1, -0.05) is 24.3 Å². The van der Waals surface area contributed by atoms with Crippen molar-refractivity contribution in [3.63, 3.8) is 0 Å². The van der Waals surface area contributed by atoms with Crippen molar-refractivity contribution < 1.29 is 23.7 Å². The van der Waals surface area contributed by atoms with Gasteiger partial charge in [-0.15, -0.1) is 0 Å². The van der Waals surface area contributed by atoms with Crippen LogP contribution in [0.5, 0.6) is 5.75 Å². The Bertz CT molecular complexity index is 814. The number of pyridine rings is 1. The number of esters is 1. The van der Waals surface area contributed by atoms with Crippen LogP contribution in [-0.4, -0.2) is 43.7 Å². The highest BCUT2D eigenvalue weighted by atomic mass is 16.7. The van der Waals surface area contributed by atoms with Gasteiger partial charge < -0.3 is 18.9 Å². The lowest BCUT2D eigenvalue weighted by atomic mass is 9.97. The van der Waals surface area contributed by atoms with Gasteiger partial charge in [-0.25, -0.2) is 0 Å². The number of rotatable bonds is 12. The summed E-state index contributed by atoms with van der Waals surface area (Å²) in [6.07, 6.45) is 9.51. The Morgan fingerprint density at radius 1 is 1.13 bits per heavy atom. The molecule has 1 aliphatic heterocycles. The molecule has 1 aromatic heterocycles. The van der Waals surface area contributed by atoms with Gasteiger partial charge in [-0.3, -0.25) is 9.78 Å². The number of aromatic nitrogens is 1. The summed E-state index contributed by atoms with van der Waals surface area (Å²) < 4.78 is 21.7. The van der Waals surface area contributed by atoms with E-state index in [1.165, 1.54) is 0 Å². The first kappa shape index (κ1) is 23.0. The molecular formula is C25H31NO5. The number of benzene rings is 1. The summed E-state index contributed by atoms with van der Waals surface area (Å²) >= 11 is 0. The zero-order chi connectivity index (χ0) is 21.7. The molecule has 0 spiro atoms. The number of carbonyl (C=O) groups excluding carboxylic acids is 1. The average Bonchev–Trinajstić information content (AvgIpc) is 3.31. The number of hydrogen-bond acceptors (Lipinski definition) is 6. The van der Waals surface area contributed by atoms with Crippen molar-refractivity contribution in [1.82, 2.24) is 4.98 Å². The molecule has 0 saturated carbocycles. The van der Waals surface area contributed by atoms with Crippen LogP contribution < -0.4 is 4.74 Å². The minimum atomic E-state index is -0.150. The molecule has 6 nitrogen and oxygen atoms in total. The topological polar surface area (TPSA) is 66.9 Å². The fraction of sp³-hybridized carbons (Fsp3) is 0.440. The highest BCUT2D eigenvalue weighted by Gasteiger charge is 2.15. The molecule has 0 atom stereocenters. The fourth-order valence-corrected chi connectivity index (χ4v) is 3.40. The molecule has 2 aromatic rings. The Labute approximate surface area is 184 Å². The third-order valence-electron chi connectivity index (χ3n) is 4.94. The number of unbranched alkanes of at least 4 members (excludes halogenated alkanes) is 2. The average molecular weight is 426 g/mol. The SMILES string of the molecule is CCOC(=O)CCCC/C=C(\c1ccc(OCCC2OCCO2)cc1)c1cccnc1. The quantitative estimate of drug-likeness (QED) is 0.360. The molecule has 6 heteroatoms. The molecule has 0 N–H and O–H groups in total. The Kier molecular flexibility index (Phi) is 9.54. The van der Waals surface area contributed by atoms with Gasteiger partial charge >= 0.3 is 5.97 Å². The van der Waals surface area contributed by atoms with E-state index in [0.717, 1.165) is 41.7 Å². The van der Waals surface area contributed by atoms with Crippen LogP contribution >= 0.6 is 0 Å². The van der Waals surface area contributed by atoms with Gasteiger partial charge in [-0.05, 0) is 55.5 Å². The lowest BCUT2D eigenvalue weighted by Gasteiger charge is -2.12. The van der Waals surface area contributed by atoms with E-state index in [-0.39, 0.29) is 12.3 Å². The zero-order valence-electron chi connectivity index (χ0n) is 18.1. The van der Waals surface area contributed by atoms with Gasteiger partial charge in [0.2, 0.25) is 0 Å². The van der Waals surface area contributed by atoms with E-state index in [2.05, 4.69) is 29.3 Å². The first-order valence-electron chi connectivity index (χ1n) is 11.0. The molecule has 3 rings (SSSR count). The number of nitrogens with zero attached hydrogens (tertiary/aromatic N) is 1. The second-order valence-electron chi connectivity index (χ2n) is 7.24. The van der Waals surface area contributed by atoms with E-state index in [9.17, 15) is 4.79 Å². The van der Waals surface area contributed by atoms with Crippen LogP contribution in [-0.2, 0) is 19.0 Å². The summed E-state index contributed by atoms with van der Waals surface area (Å²) in [5, 5.41) is 0. The smallest absolute Gasteiger partial charge is 0.305 e. The zero-order valence-corrected chi connectivity index (χ0v) is 18.1. The number of hydrogen-bond donors (Lipinski definition) is 0. The van der Waals surface area contributed by atoms with Crippen LogP contribution in [0.15, 0.2) is 54.9 Å². The Balaban J connectivity index is 1.57. The normalized spacial score (nSPS) is 14.5. The summed E-state index contributed by atoms with van der Waals surface area (Å²) in [6, 6.07) is 12.1. The second-order valence-corrected chi connectivity index (χ2v) is 7.24. The van der Waals surface area contributed by atoms with Gasteiger partial charge in [0.1, 0.15) is 5.75 Å². The predicted molar refractivity (Wildman–Crippen MR) is 119 cm³/mol. The Morgan fingerprint density at radius 3 is 2.65 bits per heavy atom. The summed E-state index contributed by atoms with van der Waals surface area (Å²) in [6.45, 7) is 4.13. The lowest BCUT2D eigenvalue weighted by Crippen LogP contribution is -2.12. The molecule has 2 heterocycles. The van der Waals surface area contributed by atoms with Gasteiger partial charge in [0.05, 0.1) is 26.4 Å². The second kappa shape index (κ2) is 12.9. The Morgan fingerprint density at radius 2 is 1.94 bits per heavy atom. The van der Waals surface area contributed by atoms with Crippen LogP contribution in [0.3, 0.4) is 0 Å². The van der Waals surface area contributed by atoms with E-state index in [1.807, 2.05) is 31.3 Å². The van der Waals surface area contributed by atoms with Crippen LogP contribution in [0, 0.1) is 0 Å². The fourth-order valence-electron chi connectivity index (χ4n) is 3.40. The van der Waals surface area contributed by atoms with Crippen molar-refractivity contribution in [1.29, 1.82) is 0 Å². The first-order chi connectivity index (χ1) is 15.3. The van der Waals surface area contributed by atoms with Gasteiger partial charge in [0, 0.05) is 30.8 Å². The molecule has 166 valence electrons. The van der Waals surface area contributed by atoms with Crippen molar-refractivity contribution in [3.8, 4) is 5.75 Å². The standard InChI is InChI=1S/C25H31NO5/c1-2-28-24(27)9-5-3-4-8-23(21-7-6-15-26-19-21)20-10-12-22(13-11-20)29-16-14-25-30-17-18-31-25/h6-8,10-13,15,19,25H,2-5,9,14,16-18H2,1H3/b23-8+. The third kappa shape index (κ3) is 7.81. The van der Waals surface area contributed by atoms with E-state index in [0.29, 0.717) is 39.3 Å². The molecule has 31 heavy (non-hydrogen) atoms. The highest BCUT2D eigenvalue weighted by Crippen LogP contribution is 2.26. The molecule has 0 radical (unpaired) electrons. The molecule has 1 fully saturated rings. The summed E-state index contributed by atoms with van der Waals surface area (Å²) in [5.41, 5.74) is 3.30. The Hall–Kier alpha value is -2.70. The maximum atomic E-state index is 11.5.